The first-order valence-corrected chi connectivity index (χ1v) is 10.8. The van der Waals surface area contributed by atoms with E-state index in [0.717, 1.165) is 12.3 Å². The van der Waals surface area contributed by atoms with Crippen molar-refractivity contribution < 1.29 is 12.8 Å². The molecule has 0 unspecified atom stereocenters. The topological polar surface area (TPSA) is 104 Å². The van der Waals surface area contributed by atoms with Crippen LogP contribution in [0, 0.1) is 5.82 Å². The second-order valence-corrected chi connectivity index (χ2v) is 8.93. The Labute approximate surface area is 174 Å². The molecule has 2 N–H and O–H groups in total. The average molecular weight is 452 g/mol. The minimum Gasteiger partial charge on any atom is -0.383 e. The molecule has 0 saturated carbocycles. The Bertz CT molecular complexity index is 1390. The van der Waals surface area contributed by atoms with E-state index in [0.29, 0.717) is 21.7 Å². The molecule has 0 saturated heterocycles. The van der Waals surface area contributed by atoms with Crippen molar-refractivity contribution in [2.75, 3.05) is 12.0 Å². The third-order valence-electron chi connectivity index (χ3n) is 4.15. The van der Waals surface area contributed by atoms with Crippen LogP contribution in [0.1, 0.15) is 0 Å². The van der Waals surface area contributed by atoms with Gasteiger partial charge in [-0.15, -0.1) is 5.10 Å². The van der Waals surface area contributed by atoms with Crippen molar-refractivity contribution in [3.63, 3.8) is 0 Å². The lowest BCUT2D eigenvalue weighted by Crippen LogP contribution is -2.06. The number of nitrogens with two attached hydrogens (primary N) is 1. The van der Waals surface area contributed by atoms with Crippen molar-refractivity contribution in [3.8, 4) is 16.9 Å². The maximum absolute atomic E-state index is 13.6. The standard InChI is InChI=1S/C18H12Cl2FN5O2S/c1-29(27,28)18-23-15(9-6-7-12(21)11(20)8-9)14-16(22)26(25-17(14)24-18)13-5-3-2-4-10(13)19/h2-8H,22H2,1H3. The first kappa shape index (κ1) is 19.6. The number of aromatic nitrogens is 4. The van der Waals surface area contributed by atoms with E-state index in [-0.39, 0.29) is 22.2 Å². The minimum atomic E-state index is -3.76. The highest BCUT2D eigenvalue weighted by Crippen LogP contribution is 2.35. The third-order valence-corrected chi connectivity index (χ3v) is 5.61. The molecule has 0 fully saturated rings. The van der Waals surface area contributed by atoms with Crippen molar-refractivity contribution >= 4 is 49.9 Å². The molecule has 0 aliphatic carbocycles. The molecule has 2 aromatic heterocycles. The average Bonchev–Trinajstić information content (AvgIpc) is 2.99. The molecular weight excluding hydrogens is 440 g/mol. The van der Waals surface area contributed by atoms with Crippen LogP contribution < -0.4 is 5.73 Å². The lowest BCUT2D eigenvalue weighted by molar-refractivity contribution is 0.593. The van der Waals surface area contributed by atoms with Crippen LogP contribution in [0.3, 0.4) is 0 Å². The van der Waals surface area contributed by atoms with Gasteiger partial charge in [0.05, 0.1) is 26.8 Å². The fourth-order valence-electron chi connectivity index (χ4n) is 2.82. The lowest BCUT2D eigenvalue weighted by Gasteiger charge is -2.07. The predicted molar refractivity (Wildman–Crippen MR) is 110 cm³/mol. The highest BCUT2D eigenvalue weighted by molar-refractivity contribution is 7.90. The van der Waals surface area contributed by atoms with Crippen LogP contribution in [-0.4, -0.2) is 34.4 Å². The van der Waals surface area contributed by atoms with Crippen LogP contribution in [0.25, 0.3) is 28.0 Å². The number of hydrogen-bond donors (Lipinski definition) is 1. The summed E-state index contributed by atoms with van der Waals surface area (Å²) >= 11 is 12.1. The molecule has 0 bridgehead atoms. The molecule has 0 aliphatic rings. The van der Waals surface area contributed by atoms with Gasteiger partial charge in [-0.05, 0) is 30.3 Å². The molecule has 2 heterocycles. The third kappa shape index (κ3) is 3.41. The van der Waals surface area contributed by atoms with Crippen LogP contribution in [0.4, 0.5) is 10.2 Å². The molecular formula is C18H12Cl2FN5O2S. The number of halogens is 3. The molecule has 7 nitrogen and oxygen atoms in total. The normalized spacial score (nSPS) is 11.9. The molecule has 2 aromatic carbocycles. The SMILES string of the molecule is CS(=O)(=O)c1nc(-c2ccc(F)c(Cl)c2)c2c(N)n(-c3ccccc3Cl)nc2n1. The summed E-state index contributed by atoms with van der Waals surface area (Å²) in [6, 6.07) is 10.8. The molecule has 4 rings (SSSR count). The monoisotopic (exact) mass is 451 g/mol. The number of fused-ring (bicyclic) bond motifs is 1. The number of nitrogens with zero attached hydrogens (tertiary/aromatic N) is 4. The van der Waals surface area contributed by atoms with Crippen LogP contribution >= 0.6 is 23.2 Å². The van der Waals surface area contributed by atoms with Gasteiger partial charge in [-0.25, -0.2) is 22.5 Å². The Balaban J connectivity index is 2.10. The predicted octanol–water partition coefficient (Wildman–Crippen LogP) is 3.91. The van der Waals surface area contributed by atoms with E-state index in [1.165, 1.54) is 16.8 Å². The Morgan fingerprint density at radius 3 is 2.45 bits per heavy atom. The summed E-state index contributed by atoms with van der Waals surface area (Å²) in [5.41, 5.74) is 7.36. The number of nitrogen functional groups attached to an aromatic ring is 1. The zero-order valence-corrected chi connectivity index (χ0v) is 17.1. The van der Waals surface area contributed by atoms with Crippen molar-refractivity contribution in [3.05, 3.63) is 58.3 Å². The van der Waals surface area contributed by atoms with Gasteiger partial charge in [-0.3, -0.25) is 0 Å². The zero-order valence-electron chi connectivity index (χ0n) is 14.8. The summed E-state index contributed by atoms with van der Waals surface area (Å²) in [6.07, 6.45) is 0.976. The molecule has 29 heavy (non-hydrogen) atoms. The summed E-state index contributed by atoms with van der Waals surface area (Å²) in [4.78, 5) is 8.21. The molecule has 4 aromatic rings. The smallest absolute Gasteiger partial charge is 0.249 e. The maximum Gasteiger partial charge on any atom is 0.249 e. The second kappa shape index (κ2) is 6.94. The zero-order chi connectivity index (χ0) is 20.9. The van der Waals surface area contributed by atoms with Gasteiger partial charge in [0.2, 0.25) is 15.0 Å². The van der Waals surface area contributed by atoms with Gasteiger partial charge in [-0.1, -0.05) is 35.3 Å². The van der Waals surface area contributed by atoms with E-state index in [2.05, 4.69) is 15.1 Å². The van der Waals surface area contributed by atoms with Gasteiger partial charge in [0.25, 0.3) is 0 Å². The second-order valence-electron chi connectivity index (χ2n) is 6.20. The quantitative estimate of drug-likeness (QED) is 0.473. The van der Waals surface area contributed by atoms with E-state index in [9.17, 15) is 12.8 Å². The largest absolute Gasteiger partial charge is 0.383 e. The first-order valence-electron chi connectivity index (χ1n) is 8.13. The summed E-state index contributed by atoms with van der Waals surface area (Å²) in [5, 5.41) is 4.42. The van der Waals surface area contributed by atoms with Gasteiger partial charge >= 0.3 is 0 Å². The Hall–Kier alpha value is -2.75. The molecule has 11 heteroatoms. The number of para-hydroxylation sites is 1. The Kier molecular flexibility index (Phi) is 4.68. The summed E-state index contributed by atoms with van der Waals surface area (Å²) in [5.74, 6) is -0.479. The molecule has 148 valence electrons. The van der Waals surface area contributed by atoms with Crippen LogP contribution in [0.5, 0.6) is 0 Å². The van der Waals surface area contributed by atoms with Crippen LogP contribution in [0.2, 0.25) is 10.0 Å². The highest BCUT2D eigenvalue weighted by Gasteiger charge is 2.23. The van der Waals surface area contributed by atoms with E-state index in [1.54, 1.807) is 24.3 Å². The summed E-state index contributed by atoms with van der Waals surface area (Å²) in [7, 11) is -3.76. The first-order chi connectivity index (χ1) is 13.7. The Morgan fingerprint density at radius 2 is 1.79 bits per heavy atom. The number of sulfone groups is 1. The van der Waals surface area contributed by atoms with Crippen molar-refractivity contribution in [1.82, 2.24) is 19.7 Å². The molecule has 0 amide bonds. The summed E-state index contributed by atoms with van der Waals surface area (Å²) in [6.45, 7) is 0. The fourth-order valence-corrected chi connectivity index (χ4v) is 3.72. The maximum atomic E-state index is 13.6. The van der Waals surface area contributed by atoms with Gasteiger partial charge in [0, 0.05) is 11.8 Å². The van der Waals surface area contributed by atoms with E-state index < -0.39 is 20.8 Å². The minimum absolute atomic E-state index is 0.0493. The number of benzene rings is 2. The fraction of sp³-hybridized carbons (Fsp3) is 0.0556. The number of anilines is 1. The van der Waals surface area contributed by atoms with Gasteiger partial charge in [-0.2, -0.15) is 4.98 Å². The van der Waals surface area contributed by atoms with E-state index in [4.69, 9.17) is 28.9 Å². The molecule has 0 atom stereocenters. The lowest BCUT2D eigenvalue weighted by atomic mass is 10.1. The van der Waals surface area contributed by atoms with Crippen LogP contribution in [-0.2, 0) is 9.84 Å². The molecule has 0 spiro atoms. The number of hydrogen-bond acceptors (Lipinski definition) is 6. The van der Waals surface area contributed by atoms with Crippen molar-refractivity contribution in [1.29, 1.82) is 0 Å². The highest BCUT2D eigenvalue weighted by atomic mass is 35.5. The van der Waals surface area contributed by atoms with E-state index in [1.807, 2.05) is 0 Å². The molecule has 0 radical (unpaired) electrons. The number of rotatable bonds is 3. The molecule has 0 aliphatic heterocycles. The van der Waals surface area contributed by atoms with E-state index >= 15 is 0 Å². The summed E-state index contributed by atoms with van der Waals surface area (Å²) < 4.78 is 39.2. The van der Waals surface area contributed by atoms with Gasteiger partial charge < -0.3 is 5.73 Å². The van der Waals surface area contributed by atoms with Crippen molar-refractivity contribution in [2.45, 2.75) is 5.16 Å². The van der Waals surface area contributed by atoms with Gasteiger partial charge in [0.15, 0.2) is 5.65 Å². The van der Waals surface area contributed by atoms with Gasteiger partial charge in [0.1, 0.15) is 11.6 Å². The Morgan fingerprint density at radius 1 is 1.07 bits per heavy atom. The van der Waals surface area contributed by atoms with Crippen LogP contribution in [0.15, 0.2) is 47.6 Å². The van der Waals surface area contributed by atoms with Crippen molar-refractivity contribution in [2.24, 2.45) is 0 Å².